The van der Waals surface area contributed by atoms with Crippen LogP contribution < -0.4 is 5.32 Å². The zero-order chi connectivity index (χ0) is 17.2. The molecular weight excluding hydrogens is 314 g/mol. The molecule has 0 bridgehead atoms. The lowest BCUT2D eigenvalue weighted by Gasteiger charge is -2.21. The largest absolute Gasteiger partial charge is 0.326 e. The van der Waals surface area contributed by atoms with Gasteiger partial charge in [-0.25, -0.2) is 4.98 Å². The third kappa shape index (κ3) is 3.58. The molecule has 0 unspecified atom stereocenters. The molecule has 1 fully saturated rings. The van der Waals surface area contributed by atoms with Gasteiger partial charge < -0.3 is 5.32 Å². The van der Waals surface area contributed by atoms with Gasteiger partial charge in [0.2, 0.25) is 5.91 Å². The Bertz CT molecular complexity index is 769. The van der Waals surface area contributed by atoms with E-state index < -0.39 is 0 Å². The van der Waals surface area contributed by atoms with Crippen molar-refractivity contribution in [2.45, 2.75) is 51.5 Å². The van der Waals surface area contributed by atoms with Crippen molar-refractivity contribution >= 4 is 11.6 Å². The lowest BCUT2D eigenvalue weighted by Crippen LogP contribution is -2.28. The van der Waals surface area contributed by atoms with Gasteiger partial charge in [0.05, 0.1) is 6.04 Å². The van der Waals surface area contributed by atoms with Crippen LogP contribution in [0.25, 0.3) is 0 Å². The van der Waals surface area contributed by atoms with E-state index in [1.54, 1.807) is 0 Å². The number of rotatable bonds is 5. The Kier molecular flexibility index (Phi) is 4.53. The molecule has 1 saturated heterocycles. The summed E-state index contributed by atoms with van der Waals surface area (Å²) in [4.78, 5) is 19.1. The number of aromatic amines is 1. The Hall–Kier alpha value is -2.21. The van der Waals surface area contributed by atoms with E-state index in [1.165, 1.54) is 24.0 Å². The fraction of sp³-hybridized carbons (Fsp3) is 0.526. The molecule has 1 aromatic carbocycles. The molecule has 1 aromatic heterocycles. The molecule has 6 nitrogen and oxygen atoms in total. The Labute approximate surface area is 148 Å². The third-order valence-electron chi connectivity index (χ3n) is 5.28. The van der Waals surface area contributed by atoms with Crippen LogP contribution in [0.4, 0.5) is 5.69 Å². The smallest absolute Gasteiger partial charge is 0.225 e. The average molecular weight is 339 g/mol. The lowest BCUT2D eigenvalue weighted by molar-refractivity contribution is -0.116. The number of aromatic nitrogens is 3. The van der Waals surface area contributed by atoms with Crippen LogP contribution in [-0.2, 0) is 17.6 Å². The van der Waals surface area contributed by atoms with Crippen molar-refractivity contribution in [1.82, 2.24) is 20.1 Å². The molecular formula is C19H25N5O. The maximum Gasteiger partial charge on any atom is 0.225 e. The summed E-state index contributed by atoms with van der Waals surface area (Å²) < 4.78 is 0. The first-order valence-corrected chi connectivity index (χ1v) is 9.23. The molecule has 0 saturated carbocycles. The van der Waals surface area contributed by atoms with E-state index in [2.05, 4.69) is 37.5 Å². The van der Waals surface area contributed by atoms with Gasteiger partial charge in [0.25, 0.3) is 0 Å². The number of carbonyl (C=O) groups is 1. The molecule has 1 amide bonds. The van der Waals surface area contributed by atoms with E-state index in [-0.39, 0.29) is 11.9 Å². The van der Waals surface area contributed by atoms with Gasteiger partial charge in [0, 0.05) is 18.7 Å². The molecule has 0 radical (unpaired) electrons. The second kappa shape index (κ2) is 6.96. The van der Waals surface area contributed by atoms with Crippen LogP contribution in [0, 0.1) is 6.92 Å². The van der Waals surface area contributed by atoms with Crippen molar-refractivity contribution in [3.05, 3.63) is 41.0 Å². The second-order valence-electron chi connectivity index (χ2n) is 7.11. The van der Waals surface area contributed by atoms with Crippen LogP contribution in [0.3, 0.4) is 0 Å². The Balaban J connectivity index is 1.32. The molecule has 1 atom stereocenters. The summed E-state index contributed by atoms with van der Waals surface area (Å²) in [5.41, 5.74) is 3.74. The quantitative estimate of drug-likeness (QED) is 0.878. The Morgan fingerprint density at radius 1 is 1.32 bits per heavy atom. The van der Waals surface area contributed by atoms with Gasteiger partial charge in [-0.3, -0.25) is 14.8 Å². The summed E-state index contributed by atoms with van der Waals surface area (Å²) in [6.45, 7) is 3.67. The first kappa shape index (κ1) is 16.3. The van der Waals surface area contributed by atoms with Gasteiger partial charge in [-0.15, -0.1) is 0 Å². The maximum absolute atomic E-state index is 12.3. The number of fused-ring (bicyclic) bond motifs is 1. The number of hydrogen-bond acceptors (Lipinski definition) is 4. The molecule has 1 aliphatic heterocycles. The first-order valence-electron chi connectivity index (χ1n) is 9.23. The van der Waals surface area contributed by atoms with Crippen molar-refractivity contribution in [1.29, 1.82) is 0 Å². The first-order chi connectivity index (χ1) is 12.2. The van der Waals surface area contributed by atoms with Crippen LogP contribution in [0.5, 0.6) is 0 Å². The second-order valence-corrected chi connectivity index (χ2v) is 7.11. The highest BCUT2D eigenvalue weighted by Gasteiger charge is 2.29. The number of H-pyrrole nitrogens is 1. The van der Waals surface area contributed by atoms with E-state index >= 15 is 0 Å². The molecule has 2 aliphatic rings. The van der Waals surface area contributed by atoms with Crippen molar-refractivity contribution in [3.8, 4) is 0 Å². The topological polar surface area (TPSA) is 73.9 Å². The number of nitrogens with one attached hydrogen (secondary N) is 2. The summed E-state index contributed by atoms with van der Waals surface area (Å²) in [5.74, 6) is 1.78. The van der Waals surface area contributed by atoms with Crippen LogP contribution in [0.1, 0.15) is 54.5 Å². The van der Waals surface area contributed by atoms with Crippen LogP contribution in [0.2, 0.25) is 0 Å². The number of amides is 1. The minimum absolute atomic E-state index is 0.0785. The minimum atomic E-state index is 0.0785. The summed E-state index contributed by atoms with van der Waals surface area (Å²) >= 11 is 0. The number of likely N-dealkylation sites (tertiary alicyclic amines) is 1. The number of carbonyl (C=O) groups excluding carboxylic acids is 1. The highest BCUT2D eigenvalue weighted by molar-refractivity contribution is 5.91. The Morgan fingerprint density at radius 2 is 2.20 bits per heavy atom. The van der Waals surface area contributed by atoms with E-state index in [1.807, 2.05) is 13.0 Å². The number of anilines is 1. The third-order valence-corrected chi connectivity index (χ3v) is 5.28. The number of aryl methyl sites for hydroxylation is 3. The number of nitrogens with zero attached hydrogens (tertiary/aromatic N) is 3. The van der Waals surface area contributed by atoms with Gasteiger partial charge in [-0.1, -0.05) is 6.07 Å². The fourth-order valence-electron chi connectivity index (χ4n) is 4.01. The van der Waals surface area contributed by atoms with Crippen LogP contribution in [-0.4, -0.2) is 39.1 Å². The summed E-state index contributed by atoms with van der Waals surface area (Å²) in [7, 11) is 0. The van der Waals surface area contributed by atoms with E-state index in [0.29, 0.717) is 6.42 Å². The fourth-order valence-corrected chi connectivity index (χ4v) is 4.01. The molecule has 132 valence electrons. The molecule has 0 spiro atoms. The summed E-state index contributed by atoms with van der Waals surface area (Å²) in [6, 6.07) is 6.55. The molecule has 2 aromatic rings. The lowest BCUT2D eigenvalue weighted by atomic mass is 10.1. The molecule has 25 heavy (non-hydrogen) atoms. The zero-order valence-corrected chi connectivity index (χ0v) is 14.7. The van der Waals surface area contributed by atoms with E-state index in [9.17, 15) is 4.79 Å². The Morgan fingerprint density at radius 3 is 3.04 bits per heavy atom. The van der Waals surface area contributed by atoms with Gasteiger partial charge >= 0.3 is 0 Å². The SMILES string of the molecule is Cc1nc([C@H]2CCCN2CCC(=O)Nc2ccc3c(c2)CCC3)n[nH]1. The van der Waals surface area contributed by atoms with Crippen LogP contribution in [0.15, 0.2) is 18.2 Å². The predicted molar refractivity (Wildman–Crippen MR) is 96.4 cm³/mol. The maximum atomic E-state index is 12.3. The van der Waals surface area contributed by atoms with E-state index in [0.717, 1.165) is 49.7 Å². The van der Waals surface area contributed by atoms with Crippen LogP contribution >= 0.6 is 0 Å². The highest BCUT2D eigenvalue weighted by Crippen LogP contribution is 2.30. The summed E-state index contributed by atoms with van der Waals surface area (Å²) in [5, 5.41) is 10.3. The summed E-state index contributed by atoms with van der Waals surface area (Å²) in [6.07, 6.45) is 6.21. The van der Waals surface area contributed by atoms with Crippen molar-refractivity contribution < 1.29 is 4.79 Å². The van der Waals surface area contributed by atoms with Crippen molar-refractivity contribution in [2.75, 3.05) is 18.4 Å². The average Bonchev–Trinajstić information content (AvgIpc) is 3.32. The molecule has 6 heteroatoms. The van der Waals surface area contributed by atoms with Crippen molar-refractivity contribution in [3.63, 3.8) is 0 Å². The minimum Gasteiger partial charge on any atom is -0.326 e. The predicted octanol–water partition coefficient (Wildman–Crippen LogP) is 2.77. The number of benzene rings is 1. The molecule has 2 N–H and O–H groups in total. The standard InChI is InChI=1S/C19H25N5O/c1-13-20-19(23-22-13)17-6-3-10-24(17)11-9-18(25)21-16-8-7-14-4-2-5-15(14)12-16/h7-8,12,17H,2-6,9-11H2,1H3,(H,21,25)(H,20,22,23)/t17-/m1/s1. The normalized spacial score (nSPS) is 20.0. The molecule has 1 aliphatic carbocycles. The van der Waals surface area contributed by atoms with Gasteiger partial charge in [0.15, 0.2) is 5.82 Å². The zero-order valence-electron chi connectivity index (χ0n) is 14.7. The highest BCUT2D eigenvalue weighted by atomic mass is 16.1. The van der Waals surface area contributed by atoms with Gasteiger partial charge in [-0.05, 0) is 68.8 Å². The molecule has 4 rings (SSSR count). The molecule has 2 heterocycles. The number of hydrogen-bond donors (Lipinski definition) is 2. The monoisotopic (exact) mass is 339 g/mol. The van der Waals surface area contributed by atoms with Gasteiger partial charge in [0.1, 0.15) is 5.82 Å². The van der Waals surface area contributed by atoms with Crippen molar-refractivity contribution in [2.24, 2.45) is 0 Å². The van der Waals surface area contributed by atoms with Gasteiger partial charge in [-0.2, -0.15) is 5.10 Å². The van der Waals surface area contributed by atoms with E-state index in [4.69, 9.17) is 0 Å².